The number of rotatable bonds is 5. The molecule has 1 saturated heterocycles. The molecule has 4 rings (SSSR count). The third-order valence-electron chi connectivity index (χ3n) is 4.72. The largest absolute Gasteiger partial charge is 0.462 e. The lowest BCUT2D eigenvalue weighted by atomic mass is 10.1. The van der Waals surface area contributed by atoms with E-state index in [-0.39, 0.29) is 5.97 Å². The second-order valence-electron chi connectivity index (χ2n) is 6.41. The smallest absolute Gasteiger partial charge is 0.341 e. The lowest BCUT2D eigenvalue weighted by Crippen LogP contribution is -2.46. The standard InChI is InChI=1S/C19H21N5O2S/c1-2-26-19(25)15-6-4-8-20-18(15)24-11-9-23(10-12-24)13-14-5-3-7-16-17(14)22-27-21-16/h3-8H,2,9-13H2,1H3. The summed E-state index contributed by atoms with van der Waals surface area (Å²) in [4.78, 5) is 21.2. The van der Waals surface area contributed by atoms with Crippen LogP contribution in [0.25, 0.3) is 11.0 Å². The normalized spacial score (nSPS) is 15.2. The number of pyridine rings is 1. The first kappa shape index (κ1) is 17.8. The summed E-state index contributed by atoms with van der Waals surface area (Å²) in [6.07, 6.45) is 1.72. The molecule has 0 aliphatic carbocycles. The summed E-state index contributed by atoms with van der Waals surface area (Å²) in [7, 11) is 0. The van der Waals surface area contributed by atoms with Crippen LogP contribution in [0.3, 0.4) is 0 Å². The summed E-state index contributed by atoms with van der Waals surface area (Å²) >= 11 is 1.26. The Morgan fingerprint density at radius 1 is 1.15 bits per heavy atom. The predicted molar refractivity (Wildman–Crippen MR) is 105 cm³/mol. The van der Waals surface area contributed by atoms with E-state index in [1.807, 2.05) is 19.1 Å². The molecule has 0 atom stereocenters. The Hall–Kier alpha value is -2.58. The highest BCUT2D eigenvalue weighted by Crippen LogP contribution is 2.22. The zero-order chi connectivity index (χ0) is 18.6. The van der Waals surface area contributed by atoms with Gasteiger partial charge in [0.15, 0.2) is 0 Å². The van der Waals surface area contributed by atoms with Gasteiger partial charge in [0.05, 0.1) is 18.3 Å². The van der Waals surface area contributed by atoms with Gasteiger partial charge in [-0.2, -0.15) is 8.75 Å². The zero-order valence-corrected chi connectivity index (χ0v) is 16.0. The van der Waals surface area contributed by atoms with Crippen LogP contribution < -0.4 is 4.90 Å². The van der Waals surface area contributed by atoms with E-state index >= 15 is 0 Å². The topological polar surface area (TPSA) is 71.5 Å². The first-order chi connectivity index (χ1) is 13.3. The molecule has 1 aliphatic heterocycles. The Morgan fingerprint density at radius 2 is 2.00 bits per heavy atom. The fourth-order valence-electron chi connectivity index (χ4n) is 3.37. The van der Waals surface area contributed by atoms with Gasteiger partial charge in [0.2, 0.25) is 0 Å². The Bertz CT molecular complexity index is 937. The fourth-order valence-corrected chi connectivity index (χ4v) is 3.93. The van der Waals surface area contributed by atoms with E-state index in [0.29, 0.717) is 18.0 Å². The molecular weight excluding hydrogens is 362 g/mol. The van der Waals surface area contributed by atoms with Crippen molar-refractivity contribution in [2.24, 2.45) is 0 Å². The van der Waals surface area contributed by atoms with Crippen molar-refractivity contribution in [1.29, 1.82) is 0 Å². The van der Waals surface area contributed by atoms with Crippen LogP contribution in [0.1, 0.15) is 22.8 Å². The molecule has 1 aliphatic rings. The van der Waals surface area contributed by atoms with Crippen molar-refractivity contribution in [1.82, 2.24) is 18.6 Å². The van der Waals surface area contributed by atoms with Crippen molar-refractivity contribution >= 4 is 34.5 Å². The molecule has 0 amide bonds. The molecule has 0 spiro atoms. The molecule has 2 aromatic heterocycles. The fraction of sp³-hybridized carbons (Fsp3) is 0.368. The first-order valence-corrected chi connectivity index (χ1v) is 9.79. The van der Waals surface area contributed by atoms with Crippen molar-refractivity contribution in [2.45, 2.75) is 13.5 Å². The Labute approximate surface area is 161 Å². The van der Waals surface area contributed by atoms with Gasteiger partial charge in [-0.25, -0.2) is 9.78 Å². The van der Waals surface area contributed by atoms with Crippen molar-refractivity contribution in [3.05, 3.63) is 47.7 Å². The van der Waals surface area contributed by atoms with E-state index in [0.717, 1.165) is 43.8 Å². The molecule has 0 radical (unpaired) electrons. The monoisotopic (exact) mass is 383 g/mol. The summed E-state index contributed by atoms with van der Waals surface area (Å²) in [5, 5.41) is 0. The van der Waals surface area contributed by atoms with Crippen LogP contribution in [0.5, 0.6) is 0 Å². The Kier molecular flexibility index (Phi) is 5.26. The summed E-state index contributed by atoms with van der Waals surface area (Å²) in [6.45, 7) is 6.44. The molecule has 8 heteroatoms. The summed E-state index contributed by atoms with van der Waals surface area (Å²) < 4.78 is 13.9. The van der Waals surface area contributed by atoms with Gasteiger partial charge < -0.3 is 9.64 Å². The molecule has 3 heterocycles. The van der Waals surface area contributed by atoms with E-state index in [4.69, 9.17) is 4.74 Å². The van der Waals surface area contributed by atoms with E-state index in [2.05, 4.69) is 29.6 Å². The van der Waals surface area contributed by atoms with Crippen molar-refractivity contribution < 1.29 is 9.53 Å². The summed E-state index contributed by atoms with van der Waals surface area (Å²) in [6, 6.07) is 9.71. The SMILES string of the molecule is CCOC(=O)c1cccnc1N1CCN(Cc2cccc3nsnc23)CC1. The third kappa shape index (κ3) is 3.77. The molecule has 0 bridgehead atoms. The number of carbonyl (C=O) groups excluding carboxylic acids is 1. The van der Waals surface area contributed by atoms with E-state index in [1.165, 1.54) is 17.3 Å². The molecule has 1 fully saturated rings. The van der Waals surface area contributed by atoms with Gasteiger partial charge in [0.25, 0.3) is 0 Å². The minimum Gasteiger partial charge on any atom is -0.462 e. The quantitative estimate of drug-likeness (QED) is 0.627. The molecule has 27 heavy (non-hydrogen) atoms. The Balaban J connectivity index is 1.44. The Morgan fingerprint density at radius 3 is 2.81 bits per heavy atom. The number of aromatic nitrogens is 3. The maximum absolute atomic E-state index is 12.2. The molecule has 0 unspecified atom stereocenters. The highest BCUT2D eigenvalue weighted by molar-refractivity contribution is 7.00. The molecule has 1 aromatic carbocycles. The number of hydrogen-bond acceptors (Lipinski definition) is 8. The summed E-state index contributed by atoms with van der Waals surface area (Å²) in [5.41, 5.74) is 3.70. The second kappa shape index (κ2) is 7.98. The number of esters is 1. The van der Waals surface area contributed by atoms with Crippen LogP contribution in [0.4, 0.5) is 5.82 Å². The highest BCUT2D eigenvalue weighted by Gasteiger charge is 2.23. The van der Waals surface area contributed by atoms with Crippen molar-refractivity contribution in [3.8, 4) is 0 Å². The number of anilines is 1. The molecule has 0 N–H and O–H groups in total. The van der Waals surface area contributed by atoms with Gasteiger partial charge in [-0.15, -0.1) is 0 Å². The number of benzene rings is 1. The molecule has 7 nitrogen and oxygen atoms in total. The average Bonchev–Trinajstić information content (AvgIpc) is 3.19. The maximum atomic E-state index is 12.2. The van der Waals surface area contributed by atoms with Crippen LogP contribution in [-0.2, 0) is 11.3 Å². The lowest BCUT2D eigenvalue weighted by Gasteiger charge is -2.36. The van der Waals surface area contributed by atoms with Crippen molar-refractivity contribution in [2.75, 3.05) is 37.7 Å². The van der Waals surface area contributed by atoms with Crippen LogP contribution >= 0.6 is 11.7 Å². The van der Waals surface area contributed by atoms with E-state index < -0.39 is 0 Å². The van der Waals surface area contributed by atoms with Crippen LogP contribution in [0.2, 0.25) is 0 Å². The molecular formula is C19H21N5O2S. The van der Waals surface area contributed by atoms with E-state index in [1.54, 1.807) is 18.3 Å². The number of piperazine rings is 1. The van der Waals surface area contributed by atoms with Gasteiger partial charge in [0, 0.05) is 38.9 Å². The zero-order valence-electron chi connectivity index (χ0n) is 15.2. The average molecular weight is 383 g/mol. The van der Waals surface area contributed by atoms with E-state index in [9.17, 15) is 4.79 Å². The van der Waals surface area contributed by atoms with Gasteiger partial charge in [-0.3, -0.25) is 4.90 Å². The first-order valence-electron chi connectivity index (χ1n) is 9.06. The minimum atomic E-state index is -0.314. The van der Waals surface area contributed by atoms with Gasteiger partial charge in [-0.05, 0) is 30.7 Å². The number of hydrogen-bond donors (Lipinski definition) is 0. The predicted octanol–water partition coefficient (Wildman–Crippen LogP) is 2.59. The third-order valence-corrected chi connectivity index (χ3v) is 5.26. The van der Waals surface area contributed by atoms with Gasteiger partial charge in [0.1, 0.15) is 22.4 Å². The summed E-state index contributed by atoms with van der Waals surface area (Å²) in [5.74, 6) is 0.396. The highest BCUT2D eigenvalue weighted by atomic mass is 32.1. The van der Waals surface area contributed by atoms with Crippen LogP contribution in [-0.4, -0.2) is 57.4 Å². The van der Waals surface area contributed by atoms with Crippen molar-refractivity contribution in [3.63, 3.8) is 0 Å². The van der Waals surface area contributed by atoms with Gasteiger partial charge in [-0.1, -0.05) is 12.1 Å². The number of nitrogens with zero attached hydrogens (tertiary/aromatic N) is 5. The second-order valence-corrected chi connectivity index (χ2v) is 6.94. The lowest BCUT2D eigenvalue weighted by molar-refractivity contribution is 0.0526. The van der Waals surface area contributed by atoms with Gasteiger partial charge >= 0.3 is 5.97 Å². The maximum Gasteiger partial charge on any atom is 0.341 e. The number of fused-ring (bicyclic) bond motifs is 1. The minimum absolute atomic E-state index is 0.314. The molecule has 140 valence electrons. The number of carbonyl (C=O) groups is 1. The molecule has 3 aromatic rings. The molecule has 0 saturated carbocycles. The van der Waals surface area contributed by atoms with Crippen LogP contribution in [0.15, 0.2) is 36.5 Å². The van der Waals surface area contributed by atoms with Crippen LogP contribution in [0, 0.1) is 0 Å². The number of ether oxygens (including phenoxy) is 1.